The van der Waals surface area contributed by atoms with Gasteiger partial charge in [-0.2, -0.15) is 14.8 Å². The van der Waals surface area contributed by atoms with E-state index in [2.05, 4.69) is 47.3 Å². The fourth-order valence-electron chi connectivity index (χ4n) is 4.31. The van der Waals surface area contributed by atoms with Crippen LogP contribution in [0.1, 0.15) is 38.8 Å². The third kappa shape index (κ3) is 6.95. The minimum absolute atomic E-state index is 0. The van der Waals surface area contributed by atoms with Crippen molar-refractivity contribution in [3.05, 3.63) is 29.0 Å². The van der Waals surface area contributed by atoms with Gasteiger partial charge in [0.15, 0.2) is 17.2 Å². The molecule has 41 heavy (non-hydrogen) atoms. The molecule has 220 valence electrons. The number of alkyl carbamates (subject to hydrolysis) is 1. The number of rotatable bonds is 7. The maximum absolute atomic E-state index is 12.0. The molecule has 5 rings (SSSR count). The molecule has 1 saturated carbocycles. The number of nitrogens with zero attached hydrogens (tertiary/aromatic N) is 6. The quantitative estimate of drug-likeness (QED) is 0.310. The Morgan fingerprint density at radius 2 is 1.80 bits per heavy atom. The monoisotopic (exact) mass is 590 g/mol. The van der Waals surface area contributed by atoms with E-state index in [1.807, 2.05) is 0 Å². The second-order valence-corrected chi connectivity index (χ2v) is 9.57. The highest BCUT2D eigenvalue weighted by Crippen LogP contribution is 2.39. The number of carbonyl (C=O) groups is 2. The van der Waals surface area contributed by atoms with Crippen LogP contribution in [0.3, 0.4) is 0 Å². The SMILES string of the molecule is C.COC(=O)Nc1cc(Nc2nc(NC3CC3)c3ncc(C#N)n3n2)c(Cl)c(N2CCC(NC(=O)OC)CC2)c1.F. The lowest BCUT2D eigenvalue weighted by atomic mass is 10.0. The van der Waals surface area contributed by atoms with Gasteiger partial charge in [-0.15, -0.1) is 5.10 Å². The number of ether oxygens (including phenoxy) is 2. The Hall–Kier alpha value is -4.58. The standard InChI is InChI=1S/C24H27ClN10O4.CH4.FH/c1-38-23(36)29-14-5-7-34(8-6-14)18-10-15(30-24(37)39-2)9-17(19(18)25)31-22-32-20(28-13-3-4-13)21-27-12-16(11-26)35(21)33-22;;/h9-10,12-14H,3-8H2,1-2H3,(H,29,36)(H,30,37)(H2,28,31,32,33);1H4;1H. The van der Waals surface area contributed by atoms with Gasteiger partial charge in [-0.25, -0.2) is 14.6 Å². The van der Waals surface area contributed by atoms with Crippen LogP contribution in [0.2, 0.25) is 5.02 Å². The minimum atomic E-state index is -0.638. The predicted molar refractivity (Wildman–Crippen MR) is 153 cm³/mol. The van der Waals surface area contributed by atoms with Gasteiger partial charge in [0.25, 0.3) is 0 Å². The highest BCUT2D eigenvalue weighted by molar-refractivity contribution is 6.36. The van der Waals surface area contributed by atoms with Crippen LogP contribution in [0.15, 0.2) is 18.3 Å². The van der Waals surface area contributed by atoms with E-state index >= 15 is 0 Å². The van der Waals surface area contributed by atoms with E-state index in [9.17, 15) is 14.9 Å². The van der Waals surface area contributed by atoms with E-state index in [1.165, 1.54) is 24.9 Å². The highest BCUT2D eigenvalue weighted by atomic mass is 35.5. The Balaban J connectivity index is 0.00000231. The van der Waals surface area contributed by atoms with Crippen LogP contribution in [0.25, 0.3) is 5.65 Å². The zero-order chi connectivity index (χ0) is 27.5. The van der Waals surface area contributed by atoms with Crippen LogP contribution in [0.4, 0.5) is 43.1 Å². The van der Waals surface area contributed by atoms with Crippen molar-refractivity contribution >= 4 is 58.3 Å². The number of methoxy groups -OCH3 is 2. The van der Waals surface area contributed by atoms with Gasteiger partial charge in [0.05, 0.1) is 36.8 Å². The number of aromatic nitrogens is 4. The van der Waals surface area contributed by atoms with Gasteiger partial charge >= 0.3 is 12.2 Å². The van der Waals surface area contributed by atoms with E-state index in [1.54, 1.807) is 12.1 Å². The van der Waals surface area contributed by atoms with Crippen LogP contribution in [-0.4, -0.2) is 71.2 Å². The third-order valence-electron chi connectivity index (χ3n) is 6.47. The average molecular weight is 591 g/mol. The molecule has 0 spiro atoms. The summed E-state index contributed by atoms with van der Waals surface area (Å²) in [4.78, 5) is 34.6. The number of imidazole rings is 1. The van der Waals surface area contributed by atoms with Crippen LogP contribution in [0.5, 0.6) is 0 Å². The van der Waals surface area contributed by atoms with Crippen molar-refractivity contribution in [2.24, 2.45) is 0 Å². The number of nitrogens with one attached hydrogen (secondary N) is 4. The van der Waals surface area contributed by atoms with Gasteiger partial charge in [-0.1, -0.05) is 19.0 Å². The molecular formula is C25H32ClFN10O4. The van der Waals surface area contributed by atoms with Crippen molar-refractivity contribution in [1.82, 2.24) is 24.9 Å². The fraction of sp³-hybridized carbons (Fsp3) is 0.440. The third-order valence-corrected chi connectivity index (χ3v) is 6.87. The Kier molecular flexibility index (Phi) is 9.95. The van der Waals surface area contributed by atoms with Crippen LogP contribution in [0, 0.1) is 11.3 Å². The molecule has 2 fully saturated rings. The maximum atomic E-state index is 12.0. The summed E-state index contributed by atoms with van der Waals surface area (Å²) in [5, 5.41) is 26.4. The van der Waals surface area contributed by atoms with Gasteiger partial charge in [0.2, 0.25) is 5.95 Å². The molecule has 1 aliphatic carbocycles. The van der Waals surface area contributed by atoms with Crippen LogP contribution >= 0.6 is 11.6 Å². The lowest BCUT2D eigenvalue weighted by Gasteiger charge is -2.34. The summed E-state index contributed by atoms with van der Waals surface area (Å²) in [5.74, 6) is 0.682. The molecule has 0 bridgehead atoms. The number of hydrogen-bond acceptors (Lipinski definition) is 11. The normalized spacial score (nSPS) is 14.6. The number of anilines is 5. The van der Waals surface area contributed by atoms with E-state index < -0.39 is 12.2 Å². The molecule has 2 amide bonds. The van der Waals surface area contributed by atoms with Gasteiger partial charge in [-0.3, -0.25) is 10.0 Å². The van der Waals surface area contributed by atoms with Gasteiger partial charge in [0.1, 0.15) is 6.07 Å². The molecule has 3 heterocycles. The van der Waals surface area contributed by atoms with Crippen molar-refractivity contribution in [2.45, 2.75) is 45.2 Å². The van der Waals surface area contributed by atoms with Crippen molar-refractivity contribution < 1.29 is 23.8 Å². The zero-order valence-electron chi connectivity index (χ0n) is 21.7. The molecule has 2 aromatic heterocycles. The summed E-state index contributed by atoms with van der Waals surface area (Å²) in [6.45, 7) is 1.21. The molecular weight excluding hydrogens is 559 g/mol. The van der Waals surface area contributed by atoms with Crippen molar-refractivity contribution in [1.29, 1.82) is 5.26 Å². The summed E-state index contributed by atoms with van der Waals surface area (Å²) in [5.41, 5.74) is 2.25. The first-order chi connectivity index (χ1) is 18.9. The molecule has 1 saturated heterocycles. The summed E-state index contributed by atoms with van der Waals surface area (Å²) in [6.07, 6.45) is 3.73. The molecule has 2 aliphatic rings. The first-order valence-electron chi connectivity index (χ1n) is 12.4. The molecule has 1 aliphatic heterocycles. The number of fused-ring (bicyclic) bond motifs is 1. The number of benzene rings is 1. The number of hydrogen-bond donors (Lipinski definition) is 4. The largest absolute Gasteiger partial charge is 0.453 e. The summed E-state index contributed by atoms with van der Waals surface area (Å²) < 4.78 is 10.9. The highest BCUT2D eigenvalue weighted by Gasteiger charge is 2.26. The molecule has 0 radical (unpaired) electrons. The summed E-state index contributed by atoms with van der Waals surface area (Å²) >= 11 is 6.89. The minimum Gasteiger partial charge on any atom is -0.453 e. The van der Waals surface area contributed by atoms with Crippen LogP contribution < -0.4 is 26.2 Å². The lowest BCUT2D eigenvalue weighted by Crippen LogP contribution is -2.44. The second-order valence-electron chi connectivity index (χ2n) is 9.19. The van der Waals surface area contributed by atoms with Crippen molar-refractivity contribution in [3.63, 3.8) is 0 Å². The second kappa shape index (κ2) is 13.2. The van der Waals surface area contributed by atoms with E-state index in [4.69, 9.17) is 21.1 Å². The molecule has 1 aromatic carbocycles. The smallest absolute Gasteiger partial charge is 0.411 e. The van der Waals surface area contributed by atoms with Gasteiger partial charge < -0.3 is 30.3 Å². The first-order valence-corrected chi connectivity index (χ1v) is 12.7. The molecule has 14 nitrogen and oxygen atoms in total. The number of piperidine rings is 1. The molecule has 3 aromatic rings. The Bertz CT molecular complexity index is 1450. The summed E-state index contributed by atoms with van der Waals surface area (Å²) in [6, 6.07) is 5.75. The van der Waals surface area contributed by atoms with Crippen LogP contribution in [-0.2, 0) is 9.47 Å². The Labute approximate surface area is 240 Å². The number of nitriles is 1. The number of carbonyl (C=O) groups excluding carboxylic acids is 2. The zero-order valence-corrected chi connectivity index (χ0v) is 22.5. The lowest BCUT2D eigenvalue weighted by molar-refractivity contribution is 0.164. The number of amides is 2. The molecule has 4 N–H and O–H groups in total. The topological polar surface area (TPSA) is 171 Å². The van der Waals surface area contributed by atoms with Crippen molar-refractivity contribution in [2.75, 3.05) is 48.2 Å². The number of halogens is 2. The Morgan fingerprint density at radius 1 is 1.10 bits per heavy atom. The average Bonchev–Trinajstić information content (AvgIpc) is 3.66. The van der Waals surface area contributed by atoms with Crippen molar-refractivity contribution in [3.8, 4) is 6.07 Å². The maximum Gasteiger partial charge on any atom is 0.411 e. The van der Waals surface area contributed by atoms with Gasteiger partial charge in [0, 0.05) is 30.9 Å². The first kappa shape index (κ1) is 31.0. The molecule has 0 atom stereocenters. The molecule has 16 heteroatoms. The fourth-order valence-corrected chi connectivity index (χ4v) is 4.59. The van der Waals surface area contributed by atoms with Gasteiger partial charge in [-0.05, 0) is 37.8 Å². The van der Waals surface area contributed by atoms with E-state index in [-0.39, 0.29) is 35.9 Å². The van der Waals surface area contributed by atoms with E-state index in [0.717, 1.165) is 12.8 Å². The predicted octanol–water partition coefficient (Wildman–Crippen LogP) is 4.26. The summed E-state index contributed by atoms with van der Waals surface area (Å²) in [7, 11) is 2.61. The molecule has 0 unspecified atom stereocenters. The van der Waals surface area contributed by atoms with E-state index in [0.29, 0.717) is 59.5 Å². The Morgan fingerprint density at radius 3 is 2.44 bits per heavy atom.